The van der Waals surface area contributed by atoms with E-state index in [9.17, 15) is 4.79 Å². The van der Waals surface area contributed by atoms with Crippen LogP contribution >= 0.6 is 11.8 Å². The van der Waals surface area contributed by atoms with Gasteiger partial charge in [0.05, 0.1) is 6.04 Å². The fraction of sp³-hybridized carbons (Fsp3) is 0.417. The molecule has 88 valence electrons. The van der Waals surface area contributed by atoms with Crippen LogP contribution in [0.4, 0.5) is 0 Å². The summed E-state index contributed by atoms with van der Waals surface area (Å²) in [4.78, 5) is 11.6. The van der Waals surface area contributed by atoms with Gasteiger partial charge in [0.15, 0.2) is 0 Å². The molecular weight excluding hydrogens is 220 g/mol. The maximum Gasteiger partial charge on any atom is 0.237 e. The number of carbonyl (C=O) groups excluding carboxylic acids is 1. The maximum absolute atomic E-state index is 11.6. The molecule has 0 heterocycles. The largest absolute Gasteiger partial charge is 0.354 e. The van der Waals surface area contributed by atoms with Gasteiger partial charge in [0.1, 0.15) is 0 Å². The van der Waals surface area contributed by atoms with Crippen molar-refractivity contribution in [2.75, 3.05) is 18.6 Å². The Balaban J connectivity index is 2.34. The highest BCUT2D eigenvalue weighted by Crippen LogP contribution is 2.01. The number of nitrogens with one attached hydrogen (secondary N) is 1. The number of benzene rings is 1. The summed E-state index contributed by atoms with van der Waals surface area (Å²) < 4.78 is 0. The summed E-state index contributed by atoms with van der Waals surface area (Å²) in [7, 11) is 0. The van der Waals surface area contributed by atoms with Crippen LogP contribution in [0.3, 0.4) is 0 Å². The quantitative estimate of drug-likeness (QED) is 0.728. The van der Waals surface area contributed by atoms with Gasteiger partial charge in [0.25, 0.3) is 0 Å². The van der Waals surface area contributed by atoms with E-state index < -0.39 is 6.04 Å². The van der Waals surface area contributed by atoms with Crippen molar-refractivity contribution in [1.29, 1.82) is 0 Å². The van der Waals surface area contributed by atoms with Crippen molar-refractivity contribution in [1.82, 2.24) is 5.32 Å². The normalized spacial score (nSPS) is 12.1. The van der Waals surface area contributed by atoms with E-state index >= 15 is 0 Å². The van der Waals surface area contributed by atoms with Crippen molar-refractivity contribution in [2.24, 2.45) is 5.73 Å². The molecule has 0 aliphatic rings. The van der Waals surface area contributed by atoms with Crippen molar-refractivity contribution in [3.8, 4) is 0 Å². The lowest BCUT2D eigenvalue weighted by atomic mass is 10.1. The predicted molar refractivity (Wildman–Crippen MR) is 69.5 cm³/mol. The van der Waals surface area contributed by atoms with Crippen molar-refractivity contribution in [2.45, 2.75) is 12.5 Å². The standard InChI is InChI=1S/C12H18N2OS/c1-16-8-7-14-12(15)11(13)9-10-5-3-2-4-6-10/h2-6,11H,7-9,13H2,1H3,(H,14,15). The van der Waals surface area contributed by atoms with Crippen LogP contribution < -0.4 is 11.1 Å². The summed E-state index contributed by atoms with van der Waals surface area (Å²) >= 11 is 1.70. The molecule has 16 heavy (non-hydrogen) atoms. The molecule has 1 atom stereocenters. The zero-order chi connectivity index (χ0) is 11.8. The highest BCUT2D eigenvalue weighted by Gasteiger charge is 2.12. The van der Waals surface area contributed by atoms with E-state index in [2.05, 4.69) is 5.32 Å². The SMILES string of the molecule is CSCCNC(=O)C(N)Cc1ccccc1. The van der Waals surface area contributed by atoms with Gasteiger partial charge in [-0.2, -0.15) is 11.8 Å². The Labute approximate surface area is 101 Å². The Morgan fingerprint density at radius 1 is 1.44 bits per heavy atom. The molecule has 0 saturated carbocycles. The predicted octanol–water partition coefficient (Wildman–Crippen LogP) is 1.04. The summed E-state index contributed by atoms with van der Waals surface area (Å²) in [5, 5.41) is 2.82. The van der Waals surface area contributed by atoms with Crippen LogP contribution in [0.25, 0.3) is 0 Å². The van der Waals surface area contributed by atoms with E-state index in [0.717, 1.165) is 11.3 Å². The van der Waals surface area contributed by atoms with Gasteiger partial charge in [-0.25, -0.2) is 0 Å². The molecule has 1 amide bonds. The van der Waals surface area contributed by atoms with Crippen molar-refractivity contribution < 1.29 is 4.79 Å². The van der Waals surface area contributed by atoms with Gasteiger partial charge < -0.3 is 11.1 Å². The molecule has 1 unspecified atom stereocenters. The maximum atomic E-state index is 11.6. The van der Waals surface area contributed by atoms with Crippen LogP contribution in [0.2, 0.25) is 0 Å². The van der Waals surface area contributed by atoms with Gasteiger partial charge >= 0.3 is 0 Å². The van der Waals surface area contributed by atoms with Gasteiger partial charge in [-0.3, -0.25) is 4.79 Å². The number of hydrogen-bond donors (Lipinski definition) is 2. The topological polar surface area (TPSA) is 55.1 Å². The molecule has 1 aromatic rings. The first kappa shape index (κ1) is 13.1. The molecule has 0 aromatic heterocycles. The number of amides is 1. The molecule has 0 saturated heterocycles. The first-order chi connectivity index (χ1) is 7.74. The molecule has 1 rings (SSSR count). The molecule has 0 bridgehead atoms. The lowest BCUT2D eigenvalue weighted by Crippen LogP contribution is -2.42. The van der Waals surface area contributed by atoms with E-state index in [1.165, 1.54) is 0 Å². The van der Waals surface area contributed by atoms with E-state index in [-0.39, 0.29) is 5.91 Å². The Morgan fingerprint density at radius 3 is 2.75 bits per heavy atom. The number of hydrogen-bond acceptors (Lipinski definition) is 3. The van der Waals surface area contributed by atoms with Gasteiger partial charge in [-0.05, 0) is 18.2 Å². The summed E-state index contributed by atoms with van der Waals surface area (Å²) in [5.74, 6) is 0.849. The Morgan fingerprint density at radius 2 is 2.12 bits per heavy atom. The number of rotatable bonds is 6. The highest BCUT2D eigenvalue weighted by atomic mass is 32.2. The van der Waals surface area contributed by atoms with Crippen molar-refractivity contribution >= 4 is 17.7 Å². The average Bonchev–Trinajstić information content (AvgIpc) is 2.30. The van der Waals surface area contributed by atoms with Crippen LogP contribution in [-0.4, -0.2) is 30.5 Å². The number of thioether (sulfide) groups is 1. The fourth-order valence-electron chi connectivity index (χ4n) is 1.37. The first-order valence-corrected chi connectivity index (χ1v) is 6.69. The van der Waals surface area contributed by atoms with Crippen LogP contribution in [0.15, 0.2) is 30.3 Å². The second-order valence-electron chi connectivity index (χ2n) is 3.58. The summed E-state index contributed by atoms with van der Waals surface area (Å²) in [5.41, 5.74) is 6.91. The third kappa shape index (κ3) is 4.68. The monoisotopic (exact) mass is 238 g/mol. The van der Waals surface area contributed by atoms with Gasteiger partial charge in [0.2, 0.25) is 5.91 Å². The van der Waals surface area contributed by atoms with Gasteiger partial charge in [0, 0.05) is 12.3 Å². The number of carbonyl (C=O) groups is 1. The smallest absolute Gasteiger partial charge is 0.237 e. The molecule has 0 radical (unpaired) electrons. The minimum Gasteiger partial charge on any atom is -0.354 e. The molecule has 1 aromatic carbocycles. The van der Waals surface area contributed by atoms with Crippen molar-refractivity contribution in [3.63, 3.8) is 0 Å². The molecule has 3 nitrogen and oxygen atoms in total. The summed E-state index contributed by atoms with van der Waals surface area (Å²) in [6.07, 6.45) is 2.60. The highest BCUT2D eigenvalue weighted by molar-refractivity contribution is 7.98. The first-order valence-electron chi connectivity index (χ1n) is 5.30. The van der Waals surface area contributed by atoms with Crippen LogP contribution in [-0.2, 0) is 11.2 Å². The average molecular weight is 238 g/mol. The summed E-state index contributed by atoms with van der Waals surface area (Å²) in [6.45, 7) is 0.683. The molecule has 0 aliphatic carbocycles. The summed E-state index contributed by atoms with van der Waals surface area (Å²) in [6, 6.07) is 9.36. The minimum atomic E-state index is -0.454. The second kappa shape index (κ2) is 7.30. The third-order valence-electron chi connectivity index (χ3n) is 2.24. The third-order valence-corrected chi connectivity index (χ3v) is 2.85. The second-order valence-corrected chi connectivity index (χ2v) is 4.57. The zero-order valence-electron chi connectivity index (χ0n) is 9.48. The molecule has 3 N–H and O–H groups in total. The van der Waals surface area contributed by atoms with Crippen molar-refractivity contribution in [3.05, 3.63) is 35.9 Å². The minimum absolute atomic E-state index is 0.0714. The van der Waals surface area contributed by atoms with Crippen LogP contribution in [0, 0.1) is 0 Å². The Kier molecular flexibility index (Phi) is 5.96. The number of nitrogens with two attached hydrogens (primary N) is 1. The van der Waals surface area contributed by atoms with Crippen LogP contribution in [0.5, 0.6) is 0 Å². The lowest BCUT2D eigenvalue weighted by molar-refractivity contribution is -0.122. The van der Waals surface area contributed by atoms with Crippen LogP contribution in [0.1, 0.15) is 5.56 Å². The molecular formula is C12H18N2OS. The molecule has 0 aliphatic heterocycles. The van der Waals surface area contributed by atoms with Gasteiger partial charge in [-0.1, -0.05) is 30.3 Å². The molecule has 4 heteroatoms. The molecule has 0 spiro atoms. The fourth-order valence-corrected chi connectivity index (χ4v) is 1.67. The lowest BCUT2D eigenvalue weighted by Gasteiger charge is -2.11. The molecule has 0 fully saturated rings. The Hall–Kier alpha value is -1.00. The van der Waals surface area contributed by atoms with E-state index in [4.69, 9.17) is 5.73 Å². The van der Waals surface area contributed by atoms with E-state index in [1.807, 2.05) is 36.6 Å². The van der Waals surface area contributed by atoms with E-state index in [1.54, 1.807) is 11.8 Å². The zero-order valence-corrected chi connectivity index (χ0v) is 10.3. The van der Waals surface area contributed by atoms with E-state index in [0.29, 0.717) is 13.0 Å². The van der Waals surface area contributed by atoms with Gasteiger partial charge in [-0.15, -0.1) is 0 Å². The Bertz CT molecular complexity index is 316.